The first kappa shape index (κ1) is 27.6. The molecule has 4 heteroatoms. The number of carbonyl (C=O) groups is 2. The summed E-state index contributed by atoms with van der Waals surface area (Å²) in [5.74, 6) is -0.610. The zero-order valence-electron chi connectivity index (χ0n) is 21.0. The Balaban J connectivity index is 1.77. The fraction of sp³-hybridized carbons (Fsp3) is 0.533. The Morgan fingerprint density at radius 1 is 0.618 bits per heavy atom. The van der Waals surface area contributed by atoms with E-state index in [1.807, 2.05) is 36.4 Å². The molecule has 0 aliphatic heterocycles. The summed E-state index contributed by atoms with van der Waals surface area (Å²) < 4.78 is 11.5. The number of ether oxygens (including phenoxy) is 2. The lowest BCUT2D eigenvalue weighted by Gasteiger charge is -2.19. The number of esters is 2. The van der Waals surface area contributed by atoms with Gasteiger partial charge < -0.3 is 9.47 Å². The molecule has 2 aromatic rings. The second-order valence-electron chi connectivity index (χ2n) is 9.06. The molecule has 0 saturated carbocycles. The molecular formula is C30H42O4. The van der Waals surface area contributed by atoms with Gasteiger partial charge in [0.1, 0.15) is 12.2 Å². The lowest BCUT2D eigenvalue weighted by molar-refractivity contribution is -0.156. The van der Waals surface area contributed by atoms with Crippen LogP contribution in [0.4, 0.5) is 0 Å². The summed E-state index contributed by atoms with van der Waals surface area (Å²) in [6.07, 6.45) is 9.20. The first-order valence-corrected chi connectivity index (χ1v) is 13.1. The van der Waals surface area contributed by atoms with Crippen molar-refractivity contribution >= 4 is 11.9 Å². The molecule has 34 heavy (non-hydrogen) atoms. The van der Waals surface area contributed by atoms with Crippen LogP contribution in [0.5, 0.6) is 0 Å². The summed E-state index contributed by atoms with van der Waals surface area (Å²) in [6.45, 7) is 4.28. The standard InChI is InChI=1S/C30H42O4/c1-3-5-17-27(21-19-25-13-9-7-10-14-25)33-29(31)23-24-30(32)34-28(18-6-4-2)22-20-26-15-11-8-12-16-26/h7-16,27-28H,3-6,17-24H2,1-2H3. The maximum Gasteiger partial charge on any atom is 0.306 e. The van der Waals surface area contributed by atoms with Gasteiger partial charge in [0, 0.05) is 0 Å². The molecule has 2 aromatic carbocycles. The minimum Gasteiger partial charge on any atom is -0.462 e. The first-order valence-electron chi connectivity index (χ1n) is 13.1. The van der Waals surface area contributed by atoms with Crippen molar-refractivity contribution in [3.05, 3.63) is 71.8 Å². The maximum absolute atomic E-state index is 12.5. The van der Waals surface area contributed by atoms with Crippen LogP contribution in [-0.4, -0.2) is 24.1 Å². The molecule has 0 bridgehead atoms. The lowest BCUT2D eigenvalue weighted by atomic mass is 10.0. The Labute approximate surface area is 206 Å². The van der Waals surface area contributed by atoms with Crippen LogP contribution in [0.3, 0.4) is 0 Å². The van der Waals surface area contributed by atoms with E-state index in [-0.39, 0.29) is 37.0 Å². The molecule has 0 aliphatic rings. The van der Waals surface area contributed by atoms with Gasteiger partial charge in [0.25, 0.3) is 0 Å². The predicted octanol–water partition coefficient (Wildman–Crippen LogP) is 7.24. The summed E-state index contributed by atoms with van der Waals surface area (Å²) in [6, 6.07) is 20.5. The Kier molecular flexibility index (Phi) is 13.7. The molecule has 0 amide bonds. The number of hydrogen-bond acceptors (Lipinski definition) is 4. The van der Waals surface area contributed by atoms with E-state index in [1.165, 1.54) is 11.1 Å². The highest BCUT2D eigenvalue weighted by Crippen LogP contribution is 2.17. The van der Waals surface area contributed by atoms with Gasteiger partial charge >= 0.3 is 11.9 Å². The van der Waals surface area contributed by atoms with Crippen molar-refractivity contribution in [1.29, 1.82) is 0 Å². The normalized spacial score (nSPS) is 12.6. The average Bonchev–Trinajstić information content (AvgIpc) is 2.87. The number of benzene rings is 2. The Bertz CT molecular complexity index is 734. The third-order valence-corrected chi connectivity index (χ3v) is 6.08. The SMILES string of the molecule is CCCCC(CCc1ccccc1)OC(=O)CCC(=O)OC(CCCC)CCc1ccccc1. The second kappa shape index (κ2) is 16.9. The van der Waals surface area contributed by atoms with Crippen molar-refractivity contribution in [3.8, 4) is 0 Å². The largest absolute Gasteiger partial charge is 0.462 e. The van der Waals surface area contributed by atoms with Crippen LogP contribution in [0.25, 0.3) is 0 Å². The molecule has 0 saturated heterocycles. The molecule has 2 unspecified atom stereocenters. The minimum atomic E-state index is -0.305. The summed E-state index contributed by atoms with van der Waals surface area (Å²) in [7, 11) is 0. The lowest BCUT2D eigenvalue weighted by Crippen LogP contribution is -2.22. The van der Waals surface area contributed by atoms with Gasteiger partial charge in [-0.15, -0.1) is 0 Å². The molecule has 0 aromatic heterocycles. The van der Waals surface area contributed by atoms with Gasteiger partial charge in [-0.2, -0.15) is 0 Å². The molecule has 0 spiro atoms. The van der Waals surface area contributed by atoms with E-state index in [9.17, 15) is 9.59 Å². The Morgan fingerprint density at radius 3 is 1.35 bits per heavy atom. The van der Waals surface area contributed by atoms with Crippen molar-refractivity contribution in [1.82, 2.24) is 0 Å². The first-order chi connectivity index (χ1) is 16.6. The highest BCUT2D eigenvalue weighted by Gasteiger charge is 2.18. The molecule has 2 rings (SSSR count). The van der Waals surface area contributed by atoms with Crippen LogP contribution < -0.4 is 0 Å². The monoisotopic (exact) mass is 466 g/mol. The van der Waals surface area contributed by atoms with E-state index in [0.29, 0.717) is 0 Å². The maximum atomic E-state index is 12.5. The zero-order chi connectivity index (χ0) is 24.4. The highest BCUT2D eigenvalue weighted by molar-refractivity contribution is 5.77. The fourth-order valence-corrected chi connectivity index (χ4v) is 4.03. The molecule has 0 N–H and O–H groups in total. The molecule has 0 fully saturated rings. The number of rotatable bonds is 17. The van der Waals surface area contributed by atoms with E-state index in [0.717, 1.165) is 64.2 Å². The molecular weight excluding hydrogens is 424 g/mol. The summed E-state index contributed by atoms with van der Waals surface area (Å²) >= 11 is 0. The van der Waals surface area contributed by atoms with E-state index >= 15 is 0 Å². The fourth-order valence-electron chi connectivity index (χ4n) is 4.03. The van der Waals surface area contributed by atoms with Crippen LogP contribution >= 0.6 is 0 Å². The van der Waals surface area contributed by atoms with Gasteiger partial charge in [0.15, 0.2) is 0 Å². The Morgan fingerprint density at radius 2 is 1.00 bits per heavy atom. The van der Waals surface area contributed by atoms with Gasteiger partial charge in [0.2, 0.25) is 0 Å². The van der Waals surface area contributed by atoms with Crippen LogP contribution in [0.1, 0.15) is 89.2 Å². The molecule has 0 heterocycles. The smallest absolute Gasteiger partial charge is 0.306 e. The summed E-state index contributed by atoms with van der Waals surface area (Å²) in [5, 5.41) is 0. The Hall–Kier alpha value is -2.62. The number of hydrogen-bond donors (Lipinski definition) is 0. The second-order valence-corrected chi connectivity index (χ2v) is 9.06. The molecule has 2 atom stereocenters. The van der Waals surface area contributed by atoms with E-state index in [2.05, 4.69) is 38.1 Å². The van der Waals surface area contributed by atoms with Crippen LogP contribution in [0, 0.1) is 0 Å². The van der Waals surface area contributed by atoms with Gasteiger partial charge in [-0.1, -0.05) is 100 Å². The van der Waals surface area contributed by atoms with E-state index in [1.54, 1.807) is 0 Å². The van der Waals surface area contributed by atoms with Gasteiger partial charge in [-0.25, -0.2) is 0 Å². The van der Waals surface area contributed by atoms with Crippen molar-refractivity contribution in [2.24, 2.45) is 0 Å². The van der Waals surface area contributed by atoms with Gasteiger partial charge in [-0.05, 0) is 49.7 Å². The predicted molar refractivity (Wildman–Crippen MR) is 138 cm³/mol. The third-order valence-electron chi connectivity index (χ3n) is 6.08. The third kappa shape index (κ3) is 12.0. The van der Waals surface area contributed by atoms with Crippen molar-refractivity contribution < 1.29 is 19.1 Å². The van der Waals surface area contributed by atoms with Gasteiger partial charge in [-0.3, -0.25) is 9.59 Å². The number of aryl methyl sites for hydroxylation is 2. The topological polar surface area (TPSA) is 52.6 Å². The van der Waals surface area contributed by atoms with Crippen molar-refractivity contribution in [2.75, 3.05) is 0 Å². The number of carbonyl (C=O) groups excluding carboxylic acids is 2. The quantitative estimate of drug-likeness (QED) is 0.231. The average molecular weight is 467 g/mol. The van der Waals surface area contributed by atoms with Crippen LogP contribution in [0.15, 0.2) is 60.7 Å². The van der Waals surface area contributed by atoms with E-state index < -0.39 is 0 Å². The van der Waals surface area contributed by atoms with E-state index in [4.69, 9.17) is 9.47 Å². The van der Waals surface area contributed by atoms with Gasteiger partial charge in [0.05, 0.1) is 12.8 Å². The number of unbranched alkanes of at least 4 members (excludes halogenated alkanes) is 2. The molecule has 186 valence electrons. The molecule has 0 radical (unpaired) electrons. The summed E-state index contributed by atoms with van der Waals surface area (Å²) in [4.78, 5) is 24.9. The summed E-state index contributed by atoms with van der Waals surface area (Å²) in [5.41, 5.74) is 2.49. The van der Waals surface area contributed by atoms with Crippen LogP contribution in [0.2, 0.25) is 0 Å². The van der Waals surface area contributed by atoms with Crippen LogP contribution in [-0.2, 0) is 31.9 Å². The molecule has 0 aliphatic carbocycles. The van der Waals surface area contributed by atoms with Crippen molar-refractivity contribution in [3.63, 3.8) is 0 Å². The van der Waals surface area contributed by atoms with Crippen molar-refractivity contribution in [2.45, 2.75) is 103 Å². The minimum absolute atomic E-state index is 0.0754. The molecule has 4 nitrogen and oxygen atoms in total. The highest BCUT2D eigenvalue weighted by atomic mass is 16.5. The zero-order valence-corrected chi connectivity index (χ0v) is 21.0.